The van der Waals surface area contributed by atoms with Gasteiger partial charge in [0.15, 0.2) is 0 Å². The monoisotopic (exact) mass is 182 g/mol. The molecule has 0 saturated carbocycles. The molecule has 0 aromatic carbocycles. The van der Waals surface area contributed by atoms with Crippen molar-refractivity contribution in [2.24, 2.45) is 11.8 Å². The molecule has 0 spiro atoms. The summed E-state index contributed by atoms with van der Waals surface area (Å²) in [5, 5.41) is 0. The Labute approximate surface area is 83.0 Å². The molecule has 0 amide bonds. The first-order valence-corrected chi connectivity index (χ1v) is 5.56. The van der Waals surface area contributed by atoms with Crippen molar-refractivity contribution in [2.75, 3.05) is 20.6 Å². The maximum absolute atomic E-state index is 2.50. The van der Waals surface area contributed by atoms with E-state index in [2.05, 4.69) is 40.9 Å². The average molecular weight is 182 g/mol. The lowest BCUT2D eigenvalue weighted by Crippen LogP contribution is -2.55. The third-order valence-corrected chi connectivity index (χ3v) is 3.39. The van der Waals surface area contributed by atoms with Crippen LogP contribution in [0.1, 0.15) is 33.6 Å². The minimum absolute atomic E-state index is 0.752. The lowest BCUT2D eigenvalue weighted by Gasteiger charge is -2.47. The van der Waals surface area contributed by atoms with Crippen molar-refractivity contribution < 1.29 is 4.48 Å². The fourth-order valence-corrected chi connectivity index (χ4v) is 2.22. The third kappa shape index (κ3) is 2.14. The number of likely N-dealkylation sites (tertiary alicyclic amines) is 1. The highest BCUT2D eigenvalue weighted by atomic mass is 15.4. The van der Waals surface area contributed by atoms with Crippen molar-refractivity contribution in [1.29, 1.82) is 0 Å². The molecule has 1 rings (SSSR count). The van der Waals surface area contributed by atoms with E-state index < -0.39 is 0 Å². The highest BCUT2D eigenvalue weighted by Crippen LogP contribution is 2.37. The first-order chi connectivity index (χ1) is 6.01. The van der Waals surface area contributed by atoms with Gasteiger partial charge in [-0.2, -0.15) is 0 Å². The van der Waals surface area contributed by atoms with Gasteiger partial charge in [-0.15, -0.1) is 0 Å². The molecule has 1 aliphatic rings. The van der Waals surface area contributed by atoms with Crippen LogP contribution in [0, 0.1) is 11.8 Å². The zero-order valence-electron chi connectivity index (χ0n) is 9.80. The van der Waals surface area contributed by atoms with Gasteiger partial charge in [0.25, 0.3) is 0 Å². The summed E-state index contributed by atoms with van der Waals surface area (Å²) in [6.45, 7) is 8.21. The Morgan fingerprint density at radius 1 is 1.46 bits per heavy atom. The molecule has 0 aromatic heterocycles. The number of allylic oxidation sites excluding steroid dienone is 1. The van der Waals surface area contributed by atoms with E-state index in [1.807, 2.05) is 0 Å². The van der Waals surface area contributed by atoms with Gasteiger partial charge in [0.1, 0.15) is 5.70 Å². The van der Waals surface area contributed by atoms with Gasteiger partial charge in [-0.3, -0.25) is 4.48 Å². The Balaban J connectivity index is 2.69. The second-order valence-electron chi connectivity index (χ2n) is 4.95. The minimum Gasteiger partial charge on any atom is -0.299 e. The fraction of sp³-hybridized carbons (Fsp3) is 0.833. The van der Waals surface area contributed by atoms with E-state index in [1.165, 1.54) is 19.4 Å². The molecule has 1 heterocycles. The maximum Gasteiger partial charge on any atom is 0.113 e. The van der Waals surface area contributed by atoms with Crippen molar-refractivity contribution >= 4 is 0 Å². The SMILES string of the molecule is CCC(C)/C=C1/C(CC)C[N+]1(C)C. The van der Waals surface area contributed by atoms with Gasteiger partial charge >= 0.3 is 0 Å². The topological polar surface area (TPSA) is 0 Å². The third-order valence-electron chi connectivity index (χ3n) is 3.39. The summed E-state index contributed by atoms with van der Waals surface area (Å²) in [5.74, 6) is 1.62. The molecule has 0 bridgehead atoms. The largest absolute Gasteiger partial charge is 0.299 e. The number of hydrogen-bond acceptors (Lipinski definition) is 0. The van der Waals surface area contributed by atoms with Gasteiger partial charge in [-0.25, -0.2) is 0 Å². The van der Waals surface area contributed by atoms with Crippen LogP contribution in [-0.2, 0) is 0 Å². The van der Waals surface area contributed by atoms with Crippen molar-refractivity contribution in [3.63, 3.8) is 0 Å². The van der Waals surface area contributed by atoms with Crippen LogP contribution in [0.5, 0.6) is 0 Å². The van der Waals surface area contributed by atoms with E-state index in [0.717, 1.165) is 16.3 Å². The smallest absolute Gasteiger partial charge is 0.113 e. The molecule has 1 nitrogen and oxygen atoms in total. The van der Waals surface area contributed by atoms with Crippen LogP contribution >= 0.6 is 0 Å². The Hall–Kier alpha value is -0.300. The highest BCUT2D eigenvalue weighted by Gasteiger charge is 2.42. The Bertz CT molecular complexity index is 203. The zero-order valence-corrected chi connectivity index (χ0v) is 9.80. The minimum atomic E-state index is 0.752. The summed E-state index contributed by atoms with van der Waals surface area (Å²) >= 11 is 0. The molecule has 1 aliphatic heterocycles. The summed E-state index contributed by atoms with van der Waals surface area (Å²) in [7, 11) is 4.64. The number of quaternary nitrogens is 1. The normalized spacial score (nSPS) is 31.5. The number of nitrogens with zero attached hydrogens (tertiary/aromatic N) is 1. The summed E-state index contributed by atoms with van der Waals surface area (Å²) < 4.78 is 1.13. The predicted molar refractivity (Wildman–Crippen MR) is 58.3 cm³/mol. The molecule has 1 heteroatoms. The van der Waals surface area contributed by atoms with Gasteiger partial charge in [0.2, 0.25) is 0 Å². The van der Waals surface area contributed by atoms with E-state index in [9.17, 15) is 0 Å². The standard InChI is InChI=1S/C12H24N/c1-6-10(3)8-12-11(7-2)9-13(12,4)5/h8,10-11H,6-7,9H2,1-5H3/q+1/b12-8-. The van der Waals surface area contributed by atoms with Crippen LogP contribution in [0.2, 0.25) is 0 Å². The molecule has 1 saturated heterocycles. The van der Waals surface area contributed by atoms with E-state index in [1.54, 1.807) is 5.70 Å². The maximum atomic E-state index is 2.50. The first-order valence-electron chi connectivity index (χ1n) is 5.56. The van der Waals surface area contributed by atoms with Crippen molar-refractivity contribution in [3.05, 3.63) is 11.8 Å². The molecule has 2 unspecified atom stereocenters. The van der Waals surface area contributed by atoms with Gasteiger partial charge in [-0.1, -0.05) is 20.8 Å². The molecule has 0 radical (unpaired) electrons. The predicted octanol–water partition coefficient (Wildman–Crippen LogP) is 3.03. The second kappa shape index (κ2) is 3.83. The van der Waals surface area contributed by atoms with Gasteiger partial charge in [0, 0.05) is 0 Å². The van der Waals surface area contributed by atoms with Crippen molar-refractivity contribution in [2.45, 2.75) is 33.6 Å². The summed E-state index contributed by atoms with van der Waals surface area (Å²) in [6, 6.07) is 0. The summed E-state index contributed by atoms with van der Waals surface area (Å²) in [4.78, 5) is 0. The Kier molecular flexibility index (Phi) is 3.18. The molecule has 76 valence electrons. The van der Waals surface area contributed by atoms with E-state index >= 15 is 0 Å². The highest BCUT2D eigenvalue weighted by molar-refractivity contribution is 5.07. The van der Waals surface area contributed by atoms with E-state index in [0.29, 0.717) is 0 Å². The number of rotatable bonds is 3. The Morgan fingerprint density at radius 2 is 2.08 bits per heavy atom. The van der Waals surface area contributed by atoms with Crippen molar-refractivity contribution in [1.82, 2.24) is 0 Å². The van der Waals surface area contributed by atoms with Crippen LogP contribution in [0.15, 0.2) is 11.8 Å². The quantitative estimate of drug-likeness (QED) is 0.589. The van der Waals surface area contributed by atoms with E-state index in [4.69, 9.17) is 0 Å². The number of hydrogen-bond donors (Lipinski definition) is 0. The zero-order chi connectivity index (χ0) is 10.1. The van der Waals surface area contributed by atoms with E-state index in [-0.39, 0.29) is 0 Å². The summed E-state index contributed by atoms with van der Waals surface area (Å²) in [6.07, 6.45) is 5.07. The second-order valence-corrected chi connectivity index (χ2v) is 4.95. The molecule has 1 fully saturated rings. The van der Waals surface area contributed by atoms with Crippen LogP contribution in [0.3, 0.4) is 0 Å². The first kappa shape index (κ1) is 10.8. The fourth-order valence-electron chi connectivity index (χ4n) is 2.22. The van der Waals surface area contributed by atoms with Gasteiger partial charge < -0.3 is 0 Å². The lowest BCUT2D eigenvalue weighted by molar-refractivity contribution is -0.897. The van der Waals surface area contributed by atoms with Crippen molar-refractivity contribution in [3.8, 4) is 0 Å². The molecule has 13 heavy (non-hydrogen) atoms. The van der Waals surface area contributed by atoms with Crippen LogP contribution < -0.4 is 0 Å². The molecular formula is C12H24N+. The molecule has 0 aliphatic carbocycles. The molecule has 0 aromatic rings. The lowest BCUT2D eigenvalue weighted by atomic mass is 9.87. The van der Waals surface area contributed by atoms with Crippen LogP contribution in [0.25, 0.3) is 0 Å². The average Bonchev–Trinajstić information content (AvgIpc) is 2.10. The Morgan fingerprint density at radius 3 is 2.46 bits per heavy atom. The summed E-state index contributed by atoms with van der Waals surface area (Å²) in [5.41, 5.74) is 1.66. The van der Waals surface area contributed by atoms with Gasteiger partial charge in [0.05, 0.1) is 26.6 Å². The van der Waals surface area contributed by atoms with Gasteiger partial charge in [-0.05, 0) is 24.8 Å². The molecule has 2 atom stereocenters. The molecule has 0 N–H and O–H groups in total. The molecular weight excluding hydrogens is 158 g/mol. The van der Waals surface area contributed by atoms with Crippen LogP contribution in [-0.4, -0.2) is 25.1 Å². The van der Waals surface area contributed by atoms with Crippen LogP contribution in [0.4, 0.5) is 0 Å².